The molecular formula is C14H20N6O3S. The number of hydrogen-bond acceptors (Lipinski definition) is 7. The number of ether oxygens (including phenoxy) is 2. The van der Waals surface area contributed by atoms with E-state index < -0.39 is 0 Å². The lowest BCUT2D eigenvalue weighted by atomic mass is 10.3. The molecule has 3 heterocycles. The minimum atomic E-state index is 0.0896. The Morgan fingerprint density at radius 2 is 2.08 bits per heavy atom. The zero-order valence-electron chi connectivity index (χ0n) is 13.9. The Hall–Kier alpha value is -2.07. The van der Waals surface area contributed by atoms with Gasteiger partial charge in [0.25, 0.3) is 0 Å². The number of carbonyl (C=O) groups excluding carboxylic acids is 1. The molecule has 0 aliphatic carbocycles. The molecule has 1 fully saturated rings. The fourth-order valence-electron chi connectivity index (χ4n) is 2.48. The third kappa shape index (κ3) is 3.39. The van der Waals surface area contributed by atoms with Gasteiger partial charge in [0.05, 0.1) is 26.1 Å². The second-order valence-corrected chi connectivity index (χ2v) is 6.32. The van der Waals surface area contributed by atoms with Gasteiger partial charge in [-0.2, -0.15) is 0 Å². The van der Waals surface area contributed by atoms with Gasteiger partial charge in [0, 0.05) is 33.4 Å². The molecule has 2 aromatic heterocycles. The molecule has 0 bridgehead atoms. The summed E-state index contributed by atoms with van der Waals surface area (Å²) < 4.78 is 14.0. The van der Waals surface area contributed by atoms with Crippen LogP contribution in [0.5, 0.6) is 5.88 Å². The van der Waals surface area contributed by atoms with Gasteiger partial charge in [-0.1, -0.05) is 11.8 Å². The number of amides is 1. The Morgan fingerprint density at radius 3 is 2.79 bits per heavy atom. The molecule has 10 heteroatoms. The Kier molecular flexibility index (Phi) is 5.05. The highest BCUT2D eigenvalue weighted by Gasteiger charge is 2.21. The second-order valence-electron chi connectivity index (χ2n) is 5.37. The number of aryl methyl sites for hydroxylation is 1. The van der Waals surface area contributed by atoms with Crippen molar-refractivity contribution >= 4 is 17.7 Å². The van der Waals surface area contributed by atoms with E-state index in [4.69, 9.17) is 9.47 Å². The van der Waals surface area contributed by atoms with Crippen molar-refractivity contribution in [3.8, 4) is 17.3 Å². The van der Waals surface area contributed by atoms with Crippen molar-refractivity contribution < 1.29 is 14.3 Å². The number of hydrogen-bond donors (Lipinski definition) is 0. The summed E-state index contributed by atoms with van der Waals surface area (Å²) >= 11 is 1.37. The van der Waals surface area contributed by atoms with E-state index in [1.54, 1.807) is 11.8 Å². The first-order valence-corrected chi connectivity index (χ1v) is 8.54. The molecule has 0 unspecified atom stereocenters. The maximum Gasteiger partial charge on any atom is 0.243 e. The Morgan fingerprint density at radius 1 is 1.33 bits per heavy atom. The number of methoxy groups -OCH3 is 1. The number of aromatic nitrogens is 5. The standard InChI is InChI=1S/C14H20N6O3S/c1-18-8-10(13(17-18)22-3)12-15-16-14(19(12)2)24-9-11(21)20-4-6-23-7-5-20/h8H,4-7,9H2,1-3H3. The highest BCUT2D eigenvalue weighted by atomic mass is 32.2. The molecule has 0 radical (unpaired) electrons. The second kappa shape index (κ2) is 7.22. The van der Waals surface area contributed by atoms with Gasteiger partial charge in [-0.3, -0.25) is 9.48 Å². The lowest BCUT2D eigenvalue weighted by molar-refractivity contribution is -0.132. The molecule has 3 rings (SSSR count). The summed E-state index contributed by atoms with van der Waals surface area (Å²) in [4.78, 5) is 14.0. The van der Waals surface area contributed by atoms with Crippen LogP contribution in [0.2, 0.25) is 0 Å². The average molecular weight is 352 g/mol. The van der Waals surface area contributed by atoms with Gasteiger partial charge >= 0.3 is 0 Å². The molecule has 0 spiro atoms. The monoisotopic (exact) mass is 352 g/mol. The summed E-state index contributed by atoms with van der Waals surface area (Å²) in [5.74, 6) is 1.57. The van der Waals surface area contributed by atoms with Crippen LogP contribution >= 0.6 is 11.8 Å². The maximum atomic E-state index is 12.2. The van der Waals surface area contributed by atoms with E-state index in [-0.39, 0.29) is 5.91 Å². The van der Waals surface area contributed by atoms with Crippen LogP contribution in [0.3, 0.4) is 0 Å². The smallest absolute Gasteiger partial charge is 0.243 e. The third-order valence-corrected chi connectivity index (χ3v) is 4.76. The SMILES string of the molecule is COc1nn(C)cc1-c1nnc(SCC(=O)N2CCOCC2)n1C. The Balaban J connectivity index is 1.69. The first kappa shape index (κ1) is 16.8. The van der Waals surface area contributed by atoms with E-state index in [1.165, 1.54) is 11.8 Å². The highest BCUT2D eigenvalue weighted by Crippen LogP contribution is 2.29. The van der Waals surface area contributed by atoms with Gasteiger partial charge in [0.15, 0.2) is 11.0 Å². The molecular weight excluding hydrogens is 332 g/mol. The Labute approximate surface area is 143 Å². The highest BCUT2D eigenvalue weighted by molar-refractivity contribution is 7.99. The van der Waals surface area contributed by atoms with Crippen molar-refractivity contribution in [2.45, 2.75) is 5.16 Å². The van der Waals surface area contributed by atoms with Gasteiger partial charge in [-0.15, -0.1) is 15.3 Å². The summed E-state index contributed by atoms with van der Waals surface area (Å²) in [5.41, 5.74) is 0.765. The lowest BCUT2D eigenvalue weighted by Gasteiger charge is -2.26. The van der Waals surface area contributed by atoms with Gasteiger partial charge in [0.1, 0.15) is 5.56 Å². The van der Waals surface area contributed by atoms with Crippen molar-refractivity contribution in [3.63, 3.8) is 0 Å². The molecule has 0 aromatic carbocycles. The minimum absolute atomic E-state index is 0.0896. The van der Waals surface area contributed by atoms with Crippen LogP contribution in [0.25, 0.3) is 11.4 Å². The Bertz CT molecular complexity index is 722. The van der Waals surface area contributed by atoms with Crippen LogP contribution in [0, 0.1) is 0 Å². The molecule has 9 nitrogen and oxygen atoms in total. The fourth-order valence-corrected chi connectivity index (χ4v) is 3.29. The number of carbonyl (C=O) groups is 1. The van der Waals surface area contributed by atoms with Crippen LogP contribution in [0.4, 0.5) is 0 Å². The number of rotatable bonds is 5. The van der Waals surface area contributed by atoms with Gasteiger partial charge < -0.3 is 18.9 Å². The summed E-state index contributed by atoms with van der Waals surface area (Å²) in [6.07, 6.45) is 1.83. The van der Waals surface area contributed by atoms with Crippen LogP contribution in [0.15, 0.2) is 11.4 Å². The molecule has 1 amide bonds. The molecule has 24 heavy (non-hydrogen) atoms. The summed E-state index contributed by atoms with van der Waals surface area (Å²) in [5, 5.41) is 13.3. The van der Waals surface area contributed by atoms with E-state index in [0.717, 1.165) is 5.56 Å². The predicted molar refractivity (Wildman–Crippen MR) is 87.9 cm³/mol. The van der Waals surface area contributed by atoms with E-state index in [0.29, 0.717) is 48.9 Å². The van der Waals surface area contributed by atoms with Crippen molar-refractivity contribution in [3.05, 3.63) is 6.20 Å². The average Bonchev–Trinajstić information content (AvgIpc) is 3.15. The zero-order chi connectivity index (χ0) is 17.1. The van der Waals surface area contributed by atoms with Crippen molar-refractivity contribution in [1.82, 2.24) is 29.4 Å². The molecule has 0 N–H and O–H groups in total. The quantitative estimate of drug-likeness (QED) is 0.709. The van der Waals surface area contributed by atoms with Crippen LogP contribution < -0.4 is 4.74 Å². The van der Waals surface area contributed by atoms with Gasteiger partial charge in [0.2, 0.25) is 11.8 Å². The van der Waals surface area contributed by atoms with Crippen LogP contribution in [0.1, 0.15) is 0 Å². The van der Waals surface area contributed by atoms with Gasteiger partial charge in [-0.05, 0) is 0 Å². The number of thioether (sulfide) groups is 1. The van der Waals surface area contributed by atoms with E-state index in [2.05, 4.69) is 15.3 Å². The summed E-state index contributed by atoms with van der Waals surface area (Å²) in [6, 6.07) is 0. The summed E-state index contributed by atoms with van der Waals surface area (Å²) in [6.45, 7) is 2.50. The molecule has 0 atom stereocenters. The molecule has 2 aromatic rings. The van der Waals surface area contributed by atoms with Crippen molar-refractivity contribution in [2.24, 2.45) is 14.1 Å². The van der Waals surface area contributed by atoms with E-state index in [9.17, 15) is 4.79 Å². The third-order valence-electron chi connectivity index (χ3n) is 3.75. The predicted octanol–water partition coefficient (Wildman–Crippen LogP) is 0.175. The normalized spacial score (nSPS) is 14.9. The fraction of sp³-hybridized carbons (Fsp3) is 0.571. The molecule has 1 saturated heterocycles. The zero-order valence-corrected chi connectivity index (χ0v) is 14.7. The van der Waals surface area contributed by atoms with Gasteiger partial charge in [-0.25, -0.2) is 0 Å². The van der Waals surface area contributed by atoms with E-state index >= 15 is 0 Å². The first-order chi connectivity index (χ1) is 11.6. The first-order valence-electron chi connectivity index (χ1n) is 7.56. The van der Waals surface area contributed by atoms with E-state index in [1.807, 2.05) is 29.8 Å². The maximum absolute atomic E-state index is 12.2. The molecule has 130 valence electrons. The number of morpholine rings is 1. The van der Waals surface area contributed by atoms with Crippen molar-refractivity contribution in [2.75, 3.05) is 39.2 Å². The minimum Gasteiger partial charge on any atom is -0.479 e. The molecule has 1 aliphatic rings. The molecule has 0 saturated carbocycles. The molecule has 1 aliphatic heterocycles. The van der Waals surface area contributed by atoms with Crippen LogP contribution in [-0.4, -0.2) is 74.5 Å². The van der Waals surface area contributed by atoms with Crippen molar-refractivity contribution in [1.29, 1.82) is 0 Å². The topological polar surface area (TPSA) is 87.3 Å². The lowest BCUT2D eigenvalue weighted by Crippen LogP contribution is -2.41. The largest absolute Gasteiger partial charge is 0.479 e. The summed E-state index contributed by atoms with van der Waals surface area (Å²) in [7, 11) is 5.25. The van der Waals surface area contributed by atoms with Crippen LogP contribution in [-0.2, 0) is 23.6 Å². The number of nitrogens with zero attached hydrogens (tertiary/aromatic N) is 6.